The van der Waals surface area contributed by atoms with Crippen LogP contribution in [0.3, 0.4) is 0 Å². The monoisotopic (exact) mass is 373 g/mol. The summed E-state index contributed by atoms with van der Waals surface area (Å²) < 4.78 is 0. The van der Waals surface area contributed by atoms with Crippen molar-refractivity contribution in [3.05, 3.63) is 29.3 Å². The highest BCUT2D eigenvalue weighted by molar-refractivity contribution is 5.82. The second kappa shape index (κ2) is 8.61. The number of amides is 1. The van der Waals surface area contributed by atoms with Crippen molar-refractivity contribution in [1.82, 2.24) is 15.1 Å². The number of phenolic OH excluding ortho intramolecular Hbond substituents is 1. The van der Waals surface area contributed by atoms with E-state index >= 15 is 0 Å². The number of aromatic hydroxyl groups is 1. The minimum Gasteiger partial charge on any atom is -0.508 e. The van der Waals surface area contributed by atoms with Crippen molar-refractivity contribution >= 4 is 5.91 Å². The molecule has 1 amide bonds. The Kier molecular flexibility index (Phi) is 6.43. The van der Waals surface area contributed by atoms with Gasteiger partial charge in [-0.15, -0.1) is 0 Å². The molecule has 1 saturated heterocycles. The molecule has 150 valence electrons. The molecule has 1 unspecified atom stereocenters. The molecule has 2 atom stereocenters. The molecular weight excluding hydrogens is 338 g/mol. The summed E-state index contributed by atoms with van der Waals surface area (Å²) in [6.45, 7) is 10.6. The minimum absolute atomic E-state index is 0.179. The molecule has 27 heavy (non-hydrogen) atoms. The number of fused-ring (bicyclic) bond motifs is 1. The van der Waals surface area contributed by atoms with Crippen molar-refractivity contribution < 1.29 is 9.90 Å². The Hall–Kier alpha value is -1.59. The second-order valence-electron chi connectivity index (χ2n) is 8.83. The molecule has 0 radical (unpaired) electrons. The van der Waals surface area contributed by atoms with Crippen LogP contribution >= 0.6 is 0 Å². The quantitative estimate of drug-likeness (QED) is 0.833. The molecule has 2 N–H and O–H groups in total. The summed E-state index contributed by atoms with van der Waals surface area (Å²) in [7, 11) is 1.97. The average Bonchev–Trinajstić information content (AvgIpc) is 2.65. The topological polar surface area (TPSA) is 55.8 Å². The molecule has 1 fully saturated rings. The fourth-order valence-electron chi connectivity index (χ4n) is 4.37. The van der Waals surface area contributed by atoms with Gasteiger partial charge in [0.15, 0.2) is 0 Å². The Bertz CT molecular complexity index is 653. The summed E-state index contributed by atoms with van der Waals surface area (Å²) in [5.41, 5.74) is 2.24. The van der Waals surface area contributed by atoms with E-state index in [0.29, 0.717) is 18.9 Å². The van der Waals surface area contributed by atoms with Gasteiger partial charge in [-0.05, 0) is 67.4 Å². The highest BCUT2D eigenvalue weighted by Crippen LogP contribution is 2.24. The smallest absolute Gasteiger partial charge is 0.240 e. The van der Waals surface area contributed by atoms with Gasteiger partial charge >= 0.3 is 0 Å². The maximum absolute atomic E-state index is 13.2. The number of carbonyl (C=O) groups excluding carboxylic acids is 1. The first kappa shape index (κ1) is 20.2. The maximum atomic E-state index is 13.2. The standard InChI is InChI=1S/C22H35N3O2/c1-15(2)21(14-25-9-7-16(3)8-10-25)24(4)22(27)20-12-17-5-6-19(26)11-18(17)13-23-20/h5-6,11,15-16,20-21,23,26H,7-10,12-14H2,1-4H3/t20-,21?/m1/s1. The largest absolute Gasteiger partial charge is 0.508 e. The van der Waals surface area contributed by atoms with Crippen molar-refractivity contribution in [1.29, 1.82) is 0 Å². The number of benzene rings is 1. The van der Waals surface area contributed by atoms with Gasteiger partial charge in [0, 0.05) is 26.2 Å². The summed E-state index contributed by atoms with van der Waals surface area (Å²) >= 11 is 0. The van der Waals surface area contributed by atoms with Gasteiger partial charge < -0.3 is 20.2 Å². The molecule has 2 heterocycles. The van der Waals surface area contributed by atoms with E-state index in [1.807, 2.05) is 18.0 Å². The molecule has 1 aromatic rings. The lowest BCUT2D eigenvalue weighted by Crippen LogP contribution is -2.55. The van der Waals surface area contributed by atoms with E-state index in [2.05, 4.69) is 31.0 Å². The lowest BCUT2D eigenvalue weighted by molar-refractivity contribution is -0.135. The molecule has 0 bridgehead atoms. The minimum atomic E-state index is -0.185. The Balaban J connectivity index is 1.64. The van der Waals surface area contributed by atoms with Crippen LogP contribution in [-0.2, 0) is 17.8 Å². The predicted molar refractivity (Wildman–Crippen MR) is 109 cm³/mol. The van der Waals surface area contributed by atoms with Gasteiger partial charge in [0.1, 0.15) is 5.75 Å². The number of phenols is 1. The first-order valence-electron chi connectivity index (χ1n) is 10.4. The molecule has 5 heteroatoms. The van der Waals surface area contributed by atoms with Crippen molar-refractivity contribution in [3.63, 3.8) is 0 Å². The third kappa shape index (κ3) is 4.82. The van der Waals surface area contributed by atoms with Crippen LogP contribution in [-0.4, -0.2) is 59.6 Å². The fourth-order valence-corrected chi connectivity index (χ4v) is 4.37. The Labute approximate surface area is 163 Å². The van der Waals surface area contributed by atoms with Gasteiger partial charge in [-0.1, -0.05) is 26.8 Å². The number of likely N-dealkylation sites (N-methyl/N-ethyl adjacent to an activating group) is 1. The van der Waals surface area contributed by atoms with Crippen LogP contribution in [0.2, 0.25) is 0 Å². The van der Waals surface area contributed by atoms with Crippen LogP contribution in [0.1, 0.15) is 44.7 Å². The Morgan fingerprint density at radius 1 is 1.30 bits per heavy atom. The van der Waals surface area contributed by atoms with E-state index in [0.717, 1.165) is 36.7 Å². The van der Waals surface area contributed by atoms with Crippen molar-refractivity contribution in [2.75, 3.05) is 26.7 Å². The molecule has 0 aliphatic carbocycles. The summed E-state index contributed by atoms with van der Waals surface area (Å²) in [6, 6.07) is 5.49. The molecule has 2 aliphatic heterocycles. The average molecular weight is 374 g/mol. The molecule has 0 aromatic heterocycles. The number of nitrogens with zero attached hydrogens (tertiary/aromatic N) is 2. The van der Waals surface area contributed by atoms with Gasteiger partial charge in [-0.25, -0.2) is 0 Å². The summed E-state index contributed by atoms with van der Waals surface area (Å²) in [5.74, 6) is 1.71. The number of nitrogens with one attached hydrogen (secondary N) is 1. The zero-order valence-corrected chi connectivity index (χ0v) is 17.2. The van der Waals surface area contributed by atoms with E-state index < -0.39 is 0 Å². The molecule has 1 aromatic carbocycles. The van der Waals surface area contributed by atoms with Gasteiger partial charge in [0.25, 0.3) is 0 Å². The summed E-state index contributed by atoms with van der Waals surface area (Å²) in [5, 5.41) is 13.0. The molecular formula is C22H35N3O2. The number of rotatable bonds is 5. The van der Waals surface area contributed by atoms with Crippen molar-refractivity contribution in [3.8, 4) is 5.75 Å². The Morgan fingerprint density at radius 2 is 2.00 bits per heavy atom. The van der Waals surface area contributed by atoms with Crippen LogP contribution in [0.4, 0.5) is 0 Å². The maximum Gasteiger partial charge on any atom is 0.240 e. The van der Waals surface area contributed by atoms with E-state index in [1.54, 1.807) is 12.1 Å². The predicted octanol–water partition coefficient (Wildman–Crippen LogP) is 2.62. The van der Waals surface area contributed by atoms with Crippen LogP contribution in [0.5, 0.6) is 5.75 Å². The zero-order chi connectivity index (χ0) is 19.6. The van der Waals surface area contributed by atoms with Crippen LogP contribution < -0.4 is 5.32 Å². The first-order chi connectivity index (χ1) is 12.8. The number of piperidine rings is 1. The second-order valence-corrected chi connectivity index (χ2v) is 8.83. The third-order valence-electron chi connectivity index (χ3n) is 6.39. The van der Waals surface area contributed by atoms with Gasteiger partial charge in [0.05, 0.1) is 6.04 Å². The molecule has 5 nitrogen and oxygen atoms in total. The van der Waals surface area contributed by atoms with Crippen LogP contribution in [0, 0.1) is 11.8 Å². The first-order valence-corrected chi connectivity index (χ1v) is 10.4. The molecule has 2 aliphatic rings. The number of likely N-dealkylation sites (tertiary alicyclic amines) is 1. The van der Waals surface area contributed by atoms with Crippen LogP contribution in [0.15, 0.2) is 18.2 Å². The van der Waals surface area contributed by atoms with Gasteiger partial charge in [-0.2, -0.15) is 0 Å². The number of hydrogen-bond donors (Lipinski definition) is 2. The molecule has 0 spiro atoms. The van der Waals surface area contributed by atoms with Gasteiger partial charge in [0.2, 0.25) is 5.91 Å². The van der Waals surface area contributed by atoms with E-state index in [1.165, 1.54) is 12.8 Å². The summed E-state index contributed by atoms with van der Waals surface area (Å²) in [4.78, 5) is 17.7. The fraction of sp³-hybridized carbons (Fsp3) is 0.682. The van der Waals surface area contributed by atoms with Crippen molar-refractivity contribution in [2.45, 2.75) is 58.7 Å². The zero-order valence-electron chi connectivity index (χ0n) is 17.2. The van der Waals surface area contributed by atoms with E-state index in [4.69, 9.17) is 0 Å². The van der Waals surface area contributed by atoms with Crippen molar-refractivity contribution in [2.24, 2.45) is 11.8 Å². The van der Waals surface area contributed by atoms with Crippen LogP contribution in [0.25, 0.3) is 0 Å². The molecule has 0 saturated carbocycles. The van der Waals surface area contributed by atoms with E-state index in [-0.39, 0.29) is 23.7 Å². The highest BCUT2D eigenvalue weighted by Gasteiger charge is 2.32. The SMILES string of the molecule is CC1CCN(CC(C(C)C)N(C)C(=O)[C@H]2Cc3ccc(O)cc3CN2)CC1. The lowest BCUT2D eigenvalue weighted by Gasteiger charge is -2.40. The van der Waals surface area contributed by atoms with Gasteiger partial charge in [-0.3, -0.25) is 4.79 Å². The number of carbonyl (C=O) groups is 1. The summed E-state index contributed by atoms with van der Waals surface area (Å²) in [6.07, 6.45) is 3.21. The third-order valence-corrected chi connectivity index (χ3v) is 6.39. The highest BCUT2D eigenvalue weighted by atomic mass is 16.3. The lowest BCUT2D eigenvalue weighted by atomic mass is 9.93. The van der Waals surface area contributed by atoms with E-state index in [9.17, 15) is 9.90 Å². The Morgan fingerprint density at radius 3 is 2.67 bits per heavy atom. The number of hydrogen-bond acceptors (Lipinski definition) is 4. The molecule has 3 rings (SSSR count). The normalized spacial score (nSPS) is 22.5.